The standard InChI is InChI=1S/C23H22Cl2N2O2S/c1-3-10-23(14-27-12-11-26-15-27)22(20-9-6-18(25)13-21(20)30-23)29-16(2)28-19-7-4-17(24)5-8-19/h3-9,11-13,15-16,22H,1,10,14H2,2H3. The van der Waals surface area contributed by atoms with E-state index in [0.717, 1.165) is 16.9 Å². The lowest BCUT2D eigenvalue weighted by Crippen LogP contribution is -2.37. The average molecular weight is 461 g/mol. The van der Waals surface area contributed by atoms with Gasteiger partial charge in [0.25, 0.3) is 0 Å². The number of hydrogen-bond donors (Lipinski definition) is 0. The van der Waals surface area contributed by atoms with E-state index in [1.807, 2.05) is 55.9 Å². The molecule has 0 amide bonds. The maximum Gasteiger partial charge on any atom is 0.197 e. The van der Waals surface area contributed by atoms with Gasteiger partial charge in [-0.05, 0) is 55.3 Å². The van der Waals surface area contributed by atoms with Gasteiger partial charge in [-0.1, -0.05) is 35.3 Å². The fourth-order valence-electron chi connectivity index (χ4n) is 3.75. The van der Waals surface area contributed by atoms with Crippen molar-refractivity contribution < 1.29 is 9.47 Å². The molecular formula is C23H22Cl2N2O2S. The van der Waals surface area contributed by atoms with E-state index in [-0.39, 0.29) is 10.9 Å². The molecule has 0 fully saturated rings. The van der Waals surface area contributed by atoms with Crippen molar-refractivity contribution in [1.82, 2.24) is 9.55 Å². The van der Waals surface area contributed by atoms with Crippen molar-refractivity contribution >= 4 is 35.0 Å². The highest BCUT2D eigenvalue weighted by Gasteiger charge is 2.48. The molecule has 2 aromatic carbocycles. The van der Waals surface area contributed by atoms with Gasteiger partial charge in [-0.2, -0.15) is 0 Å². The summed E-state index contributed by atoms with van der Waals surface area (Å²) in [6, 6.07) is 13.2. The zero-order chi connectivity index (χ0) is 21.1. The topological polar surface area (TPSA) is 36.3 Å². The zero-order valence-electron chi connectivity index (χ0n) is 16.5. The van der Waals surface area contributed by atoms with Crippen LogP contribution >= 0.6 is 35.0 Å². The van der Waals surface area contributed by atoms with Gasteiger partial charge in [-0.25, -0.2) is 4.98 Å². The number of aromatic nitrogens is 2. The Balaban J connectivity index is 1.64. The Morgan fingerprint density at radius 2 is 2.00 bits per heavy atom. The average Bonchev–Trinajstić information content (AvgIpc) is 3.30. The van der Waals surface area contributed by atoms with Gasteiger partial charge in [0, 0.05) is 33.9 Å². The number of nitrogens with zero attached hydrogens (tertiary/aromatic N) is 2. The Morgan fingerprint density at radius 3 is 2.70 bits per heavy atom. The van der Waals surface area contributed by atoms with Crippen molar-refractivity contribution in [2.75, 3.05) is 0 Å². The Bertz CT molecular complexity index is 1010. The number of hydrogen-bond acceptors (Lipinski definition) is 4. The summed E-state index contributed by atoms with van der Waals surface area (Å²) in [5.74, 6) is 0.706. The smallest absolute Gasteiger partial charge is 0.197 e. The van der Waals surface area contributed by atoms with Crippen LogP contribution in [0.15, 0.2) is 78.7 Å². The fraction of sp³-hybridized carbons (Fsp3) is 0.261. The number of fused-ring (bicyclic) bond motifs is 1. The lowest BCUT2D eigenvalue weighted by atomic mass is 9.91. The number of ether oxygens (including phenoxy) is 2. The Morgan fingerprint density at radius 1 is 1.23 bits per heavy atom. The predicted octanol–water partition coefficient (Wildman–Crippen LogP) is 6.79. The molecule has 0 aliphatic carbocycles. The lowest BCUT2D eigenvalue weighted by molar-refractivity contribution is -0.122. The molecule has 156 valence electrons. The van der Waals surface area contributed by atoms with E-state index >= 15 is 0 Å². The first-order valence-corrected chi connectivity index (χ1v) is 11.2. The van der Waals surface area contributed by atoms with E-state index in [0.29, 0.717) is 22.3 Å². The third kappa shape index (κ3) is 4.54. The number of halogens is 2. The Kier molecular flexibility index (Phi) is 6.44. The molecule has 4 nitrogen and oxygen atoms in total. The lowest BCUT2D eigenvalue weighted by Gasteiger charge is -2.35. The van der Waals surface area contributed by atoms with Crippen LogP contribution in [0.1, 0.15) is 25.0 Å². The molecule has 3 unspecified atom stereocenters. The number of allylic oxidation sites excluding steroid dienone is 1. The second-order valence-electron chi connectivity index (χ2n) is 7.23. The Labute approximate surface area is 190 Å². The van der Waals surface area contributed by atoms with Crippen LogP contribution in [0, 0.1) is 0 Å². The third-order valence-corrected chi connectivity index (χ3v) is 6.97. The summed E-state index contributed by atoms with van der Waals surface area (Å²) in [5.41, 5.74) is 1.11. The molecule has 30 heavy (non-hydrogen) atoms. The quantitative estimate of drug-likeness (QED) is 0.273. The first-order chi connectivity index (χ1) is 14.5. The van der Waals surface area contributed by atoms with Crippen molar-refractivity contribution in [2.24, 2.45) is 0 Å². The predicted molar refractivity (Wildman–Crippen MR) is 122 cm³/mol. The van der Waals surface area contributed by atoms with Crippen molar-refractivity contribution in [2.45, 2.75) is 41.9 Å². The second kappa shape index (κ2) is 9.06. The van der Waals surface area contributed by atoms with Crippen LogP contribution in [0.4, 0.5) is 0 Å². The minimum atomic E-state index is -0.467. The number of imidazole rings is 1. The number of rotatable bonds is 8. The summed E-state index contributed by atoms with van der Waals surface area (Å²) < 4.78 is 14.3. The maximum atomic E-state index is 6.53. The van der Waals surface area contributed by atoms with Gasteiger partial charge in [0.1, 0.15) is 11.9 Å². The van der Waals surface area contributed by atoms with Gasteiger partial charge in [0.15, 0.2) is 6.29 Å². The molecule has 4 rings (SSSR count). The molecule has 7 heteroatoms. The molecule has 3 aromatic rings. The summed E-state index contributed by atoms with van der Waals surface area (Å²) in [6.45, 7) is 6.63. The highest BCUT2D eigenvalue weighted by molar-refractivity contribution is 8.01. The van der Waals surface area contributed by atoms with Crippen molar-refractivity contribution in [3.05, 3.63) is 89.4 Å². The maximum absolute atomic E-state index is 6.53. The van der Waals surface area contributed by atoms with Crippen LogP contribution in [0.5, 0.6) is 5.75 Å². The summed E-state index contributed by atoms with van der Waals surface area (Å²) in [6.07, 6.45) is 7.59. The van der Waals surface area contributed by atoms with Crippen LogP contribution in [0.2, 0.25) is 10.0 Å². The van der Waals surface area contributed by atoms with E-state index < -0.39 is 6.29 Å². The Hall–Kier alpha value is -1.92. The number of thioether (sulfide) groups is 1. The van der Waals surface area contributed by atoms with Gasteiger partial charge in [-0.15, -0.1) is 18.3 Å². The van der Waals surface area contributed by atoms with Gasteiger partial charge < -0.3 is 14.0 Å². The SMILES string of the molecule is C=CCC1(Cn2ccnc2)Sc2cc(Cl)ccc2C1OC(C)Oc1ccc(Cl)cc1. The molecule has 1 aliphatic heterocycles. The van der Waals surface area contributed by atoms with Crippen LogP contribution in [-0.2, 0) is 11.3 Å². The van der Waals surface area contributed by atoms with Gasteiger partial charge in [-0.3, -0.25) is 0 Å². The van der Waals surface area contributed by atoms with Crippen molar-refractivity contribution in [3.63, 3.8) is 0 Å². The summed E-state index contributed by atoms with van der Waals surface area (Å²) in [4.78, 5) is 5.32. The third-order valence-electron chi connectivity index (χ3n) is 4.99. The molecule has 1 aliphatic rings. The van der Waals surface area contributed by atoms with Gasteiger partial charge in [0.2, 0.25) is 0 Å². The zero-order valence-corrected chi connectivity index (χ0v) is 18.8. The molecule has 0 saturated heterocycles. The number of benzene rings is 2. The molecule has 0 saturated carbocycles. The fourth-order valence-corrected chi connectivity index (χ4v) is 5.74. The molecule has 0 radical (unpaired) electrons. The van der Waals surface area contributed by atoms with Crippen molar-refractivity contribution in [1.29, 1.82) is 0 Å². The molecule has 3 atom stereocenters. The minimum absolute atomic E-state index is 0.211. The van der Waals surface area contributed by atoms with Gasteiger partial charge in [0.05, 0.1) is 11.1 Å². The molecule has 2 heterocycles. The summed E-state index contributed by atoms with van der Waals surface area (Å²) in [5, 5.41) is 1.38. The molecular weight excluding hydrogens is 439 g/mol. The molecule has 0 N–H and O–H groups in total. The van der Waals surface area contributed by atoms with E-state index in [2.05, 4.69) is 16.1 Å². The van der Waals surface area contributed by atoms with E-state index in [1.54, 1.807) is 30.1 Å². The highest BCUT2D eigenvalue weighted by Crippen LogP contribution is 2.57. The largest absolute Gasteiger partial charge is 0.465 e. The second-order valence-corrected chi connectivity index (χ2v) is 9.56. The monoisotopic (exact) mass is 460 g/mol. The molecule has 0 spiro atoms. The first kappa shape index (κ1) is 21.3. The highest BCUT2D eigenvalue weighted by atomic mass is 35.5. The normalized spacial score (nSPS) is 21.2. The minimum Gasteiger partial charge on any atom is -0.465 e. The first-order valence-electron chi connectivity index (χ1n) is 9.62. The molecule has 0 bridgehead atoms. The summed E-state index contributed by atoms with van der Waals surface area (Å²) in [7, 11) is 0. The van der Waals surface area contributed by atoms with Crippen LogP contribution in [0.25, 0.3) is 0 Å². The van der Waals surface area contributed by atoms with Crippen LogP contribution < -0.4 is 4.74 Å². The van der Waals surface area contributed by atoms with Crippen molar-refractivity contribution in [3.8, 4) is 5.75 Å². The van der Waals surface area contributed by atoms with Gasteiger partial charge >= 0.3 is 0 Å². The van der Waals surface area contributed by atoms with Crippen LogP contribution in [0.3, 0.4) is 0 Å². The molecule has 1 aromatic heterocycles. The van der Waals surface area contributed by atoms with E-state index in [9.17, 15) is 0 Å². The van der Waals surface area contributed by atoms with E-state index in [4.69, 9.17) is 32.7 Å². The van der Waals surface area contributed by atoms with E-state index in [1.165, 1.54) is 0 Å². The van der Waals surface area contributed by atoms with Crippen LogP contribution in [-0.4, -0.2) is 20.6 Å². The summed E-state index contributed by atoms with van der Waals surface area (Å²) >= 11 is 14.0.